The number of carbonyl (C=O) groups is 3. The number of urea groups is 1. The standard InChI is InChI=1S/C19H19FN2O5S/c1-3-12-16(18(24)26-4-2)13(22-19(25)21-12)9-27-17(23)15-8-10-7-11(20)5-6-14(10)28-15/h5-8,12H,3-4,9H2,1-2H3,(H2,21,22,25)/t12-/m1/s1. The summed E-state index contributed by atoms with van der Waals surface area (Å²) in [5.41, 5.74) is 0.421. The summed E-state index contributed by atoms with van der Waals surface area (Å²) in [6.45, 7) is 3.38. The van der Waals surface area contributed by atoms with Gasteiger partial charge in [-0.05, 0) is 43.0 Å². The molecule has 0 spiro atoms. The van der Waals surface area contributed by atoms with Gasteiger partial charge in [0.25, 0.3) is 0 Å². The SMILES string of the molecule is CCOC(=O)C1=C(COC(=O)c2cc3cc(F)ccc3s2)NC(=O)N[C@@H]1CC. The van der Waals surface area contributed by atoms with Crippen LogP contribution in [0, 0.1) is 5.82 Å². The Kier molecular flexibility index (Phi) is 5.93. The minimum Gasteiger partial charge on any atom is -0.463 e. The van der Waals surface area contributed by atoms with Crippen LogP contribution in [0.5, 0.6) is 0 Å². The van der Waals surface area contributed by atoms with Gasteiger partial charge in [-0.3, -0.25) is 0 Å². The second kappa shape index (κ2) is 8.39. The lowest BCUT2D eigenvalue weighted by atomic mass is 10.0. The van der Waals surface area contributed by atoms with Crippen LogP contribution in [0.1, 0.15) is 29.9 Å². The molecule has 0 unspecified atom stereocenters. The highest BCUT2D eigenvalue weighted by molar-refractivity contribution is 7.20. The van der Waals surface area contributed by atoms with Gasteiger partial charge in [0.2, 0.25) is 0 Å². The molecule has 2 aromatic rings. The fraction of sp³-hybridized carbons (Fsp3) is 0.316. The fourth-order valence-corrected chi connectivity index (χ4v) is 3.84. The van der Waals surface area contributed by atoms with Crippen molar-refractivity contribution in [3.63, 3.8) is 0 Å². The molecule has 0 saturated heterocycles. The predicted octanol–water partition coefficient (Wildman–Crippen LogP) is 3.11. The average molecular weight is 406 g/mol. The maximum Gasteiger partial charge on any atom is 0.348 e. The van der Waals surface area contributed by atoms with E-state index in [1.54, 1.807) is 19.1 Å². The summed E-state index contributed by atoms with van der Waals surface area (Å²) >= 11 is 1.17. The largest absolute Gasteiger partial charge is 0.463 e. The van der Waals surface area contributed by atoms with E-state index in [9.17, 15) is 18.8 Å². The Morgan fingerprint density at radius 1 is 1.18 bits per heavy atom. The fourth-order valence-electron chi connectivity index (χ4n) is 2.90. The first-order valence-corrected chi connectivity index (χ1v) is 9.58. The molecule has 2 N–H and O–H groups in total. The molecule has 7 nitrogen and oxygen atoms in total. The second-order valence-corrected chi connectivity index (χ2v) is 7.12. The van der Waals surface area contributed by atoms with Gasteiger partial charge in [-0.25, -0.2) is 18.8 Å². The number of benzene rings is 1. The molecule has 1 aliphatic heterocycles. The van der Waals surface area contributed by atoms with Gasteiger partial charge >= 0.3 is 18.0 Å². The Morgan fingerprint density at radius 3 is 2.68 bits per heavy atom. The van der Waals surface area contributed by atoms with E-state index in [-0.39, 0.29) is 24.5 Å². The van der Waals surface area contributed by atoms with Crippen LogP contribution in [-0.2, 0) is 14.3 Å². The van der Waals surface area contributed by atoms with Gasteiger partial charge in [0.05, 0.1) is 23.9 Å². The summed E-state index contributed by atoms with van der Waals surface area (Å²) in [6.07, 6.45) is 0.473. The molecule has 2 amide bonds. The topological polar surface area (TPSA) is 93.7 Å². The van der Waals surface area contributed by atoms with Crippen molar-refractivity contribution < 1.29 is 28.2 Å². The van der Waals surface area contributed by atoms with E-state index in [4.69, 9.17) is 9.47 Å². The molecule has 0 radical (unpaired) electrons. The number of halogens is 1. The van der Waals surface area contributed by atoms with Crippen molar-refractivity contribution in [2.45, 2.75) is 26.3 Å². The molecule has 0 aliphatic carbocycles. The molecule has 1 aromatic heterocycles. The first-order valence-electron chi connectivity index (χ1n) is 8.76. The lowest BCUT2D eigenvalue weighted by Crippen LogP contribution is -2.51. The monoisotopic (exact) mass is 406 g/mol. The second-order valence-electron chi connectivity index (χ2n) is 6.04. The predicted molar refractivity (Wildman–Crippen MR) is 101 cm³/mol. The number of hydrogen-bond acceptors (Lipinski definition) is 6. The van der Waals surface area contributed by atoms with Crippen molar-refractivity contribution in [1.82, 2.24) is 10.6 Å². The minimum absolute atomic E-state index is 0.179. The van der Waals surface area contributed by atoms with Gasteiger partial charge in [-0.2, -0.15) is 0 Å². The molecule has 3 rings (SSSR count). The zero-order chi connectivity index (χ0) is 20.3. The van der Waals surface area contributed by atoms with Crippen molar-refractivity contribution in [3.05, 3.63) is 46.2 Å². The number of amides is 2. The minimum atomic E-state index is -0.627. The van der Waals surface area contributed by atoms with E-state index >= 15 is 0 Å². The lowest BCUT2D eigenvalue weighted by molar-refractivity contribution is -0.139. The normalized spacial score (nSPS) is 16.5. The van der Waals surface area contributed by atoms with Crippen molar-refractivity contribution >= 4 is 39.4 Å². The summed E-state index contributed by atoms with van der Waals surface area (Å²) < 4.78 is 24.4. The summed E-state index contributed by atoms with van der Waals surface area (Å²) in [6, 6.07) is 4.77. The summed E-state index contributed by atoms with van der Waals surface area (Å²) in [5, 5.41) is 5.76. The van der Waals surface area contributed by atoms with Gasteiger partial charge in [0.15, 0.2) is 0 Å². The molecule has 28 heavy (non-hydrogen) atoms. The number of ether oxygens (including phenoxy) is 2. The third-order valence-corrected chi connectivity index (χ3v) is 5.27. The third kappa shape index (κ3) is 4.14. The van der Waals surface area contributed by atoms with E-state index in [0.717, 1.165) is 4.70 Å². The molecule has 0 bridgehead atoms. The zero-order valence-electron chi connectivity index (χ0n) is 15.3. The molecular formula is C19H19FN2O5S. The molecule has 9 heteroatoms. The quantitative estimate of drug-likeness (QED) is 0.719. The highest BCUT2D eigenvalue weighted by atomic mass is 32.1. The maximum atomic E-state index is 13.3. The molecule has 0 saturated carbocycles. The van der Waals surface area contributed by atoms with Crippen molar-refractivity contribution in [1.29, 1.82) is 0 Å². The highest BCUT2D eigenvalue weighted by Gasteiger charge is 2.32. The van der Waals surface area contributed by atoms with Gasteiger partial charge < -0.3 is 20.1 Å². The first kappa shape index (κ1) is 19.8. The Balaban J connectivity index is 1.81. The van der Waals surface area contributed by atoms with Crippen LogP contribution < -0.4 is 10.6 Å². The van der Waals surface area contributed by atoms with Crippen LogP contribution in [-0.4, -0.2) is 37.2 Å². The van der Waals surface area contributed by atoms with Gasteiger partial charge in [0, 0.05) is 4.70 Å². The van der Waals surface area contributed by atoms with Crippen LogP contribution in [0.25, 0.3) is 10.1 Å². The van der Waals surface area contributed by atoms with E-state index in [1.807, 2.05) is 6.92 Å². The highest BCUT2D eigenvalue weighted by Crippen LogP contribution is 2.27. The van der Waals surface area contributed by atoms with Crippen molar-refractivity contribution in [2.24, 2.45) is 0 Å². The number of nitrogens with one attached hydrogen (secondary N) is 2. The van der Waals surface area contributed by atoms with E-state index in [2.05, 4.69) is 10.6 Å². The smallest absolute Gasteiger partial charge is 0.348 e. The number of carbonyl (C=O) groups excluding carboxylic acids is 3. The number of hydrogen-bond donors (Lipinski definition) is 2. The van der Waals surface area contributed by atoms with E-state index in [1.165, 1.54) is 23.5 Å². The van der Waals surface area contributed by atoms with Crippen LogP contribution in [0.3, 0.4) is 0 Å². The number of thiophene rings is 1. The zero-order valence-corrected chi connectivity index (χ0v) is 16.2. The number of esters is 2. The molecule has 148 valence electrons. The molecular weight excluding hydrogens is 387 g/mol. The summed E-state index contributed by atoms with van der Waals surface area (Å²) in [4.78, 5) is 36.9. The van der Waals surface area contributed by atoms with E-state index in [0.29, 0.717) is 16.7 Å². The number of fused-ring (bicyclic) bond motifs is 1. The number of rotatable bonds is 6. The van der Waals surface area contributed by atoms with Crippen molar-refractivity contribution in [3.8, 4) is 0 Å². The molecule has 0 fully saturated rings. The van der Waals surface area contributed by atoms with Crippen LogP contribution in [0.2, 0.25) is 0 Å². The first-order chi connectivity index (χ1) is 13.4. The van der Waals surface area contributed by atoms with Crippen LogP contribution in [0.4, 0.5) is 9.18 Å². The third-order valence-electron chi connectivity index (χ3n) is 4.17. The Bertz CT molecular complexity index is 968. The molecule has 2 heterocycles. The molecule has 1 aliphatic rings. The Labute approximate surface area is 164 Å². The summed E-state index contributed by atoms with van der Waals surface area (Å²) in [7, 11) is 0. The lowest BCUT2D eigenvalue weighted by Gasteiger charge is -2.28. The maximum absolute atomic E-state index is 13.3. The summed E-state index contributed by atoms with van der Waals surface area (Å²) in [5.74, 6) is -1.60. The average Bonchev–Trinajstić information content (AvgIpc) is 3.08. The van der Waals surface area contributed by atoms with Crippen LogP contribution >= 0.6 is 11.3 Å². The van der Waals surface area contributed by atoms with Crippen LogP contribution in [0.15, 0.2) is 35.5 Å². The molecule has 1 atom stereocenters. The van der Waals surface area contributed by atoms with Gasteiger partial charge in [-0.1, -0.05) is 6.92 Å². The Morgan fingerprint density at radius 2 is 1.96 bits per heavy atom. The van der Waals surface area contributed by atoms with Gasteiger partial charge in [-0.15, -0.1) is 11.3 Å². The molecule has 1 aromatic carbocycles. The van der Waals surface area contributed by atoms with Crippen molar-refractivity contribution in [2.75, 3.05) is 13.2 Å². The van der Waals surface area contributed by atoms with E-state index < -0.39 is 29.8 Å². The Hall–Kier alpha value is -2.94. The van der Waals surface area contributed by atoms with Gasteiger partial charge in [0.1, 0.15) is 17.3 Å².